The van der Waals surface area contributed by atoms with Crippen molar-refractivity contribution in [3.05, 3.63) is 78.1 Å². The van der Waals surface area contributed by atoms with Gasteiger partial charge in [-0.15, -0.1) is 0 Å². The number of ether oxygens (including phenoxy) is 1. The summed E-state index contributed by atoms with van der Waals surface area (Å²) >= 11 is 0. The van der Waals surface area contributed by atoms with Crippen molar-refractivity contribution in [1.82, 2.24) is 20.2 Å². The SMILES string of the molecule is Cc1nc(Oc2ccccc2)cc(N2CCN(C(=O)CNC(=O)c3ccccc3)CC2)n1. The zero-order valence-corrected chi connectivity index (χ0v) is 17.9. The molecule has 1 fully saturated rings. The van der Waals surface area contributed by atoms with E-state index in [2.05, 4.69) is 20.2 Å². The highest BCUT2D eigenvalue weighted by Gasteiger charge is 2.23. The molecule has 0 saturated carbocycles. The number of hydrogen-bond acceptors (Lipinski definition) is 6. The van der Waals surface area contributed by atoms with Crippen LogP contribution in [0.3, 0.4) is 0 Å². The molecule has 1 aromatic heterocycles. The smallest absolute Gasteiger partial charge is 0.251 e. The molecule has 1 N–H and O–H groups in total. The summed E-state index contributed by atoms with van der Waals surface area (Å²) in [6.45, 7) is 4.20. The summed E-state index contributed by atoms with van der Waals surface area (Å²) in [5.41, 5.74) is 0.540. The van der Waals surface area contributed by atoms with Gasteiger partial charge in [0.1, 0.15) is 17.4 Å². The fourth-order valence-corrected chi connectivity index (χ4v) is 3.49. The van der Waals surface area contributed by atoms with Crippen LogP contribution < -0.4 is 15.0 Å². The Bertz CT molecular complexity index is 1070. The van der Waals surface area contributed by atoms with E-state index in [0.717, 1.165) is 5.82 Å². The van der Waals surface area contributed by atoms with Crippen molar-refractivity contribution in [2.45, 2.75) is 6.92 Å². The Morgan fingerprint density at radius 2 is 1.59 bits per heavy atom. The third kappa shape index (κ3) is 5.40. The van der Waals surface area contributed by atoms with Crippen LogP contribution in [0.1, 0.15) is 16.2 Å². The third-order valence-corrected chi connectivity index (χ3v) is 5.16. The molecule has 2 aromatic carbocycles. The second-order valence-electron chi connectivity index (χ2n) is 7.44. The molecule has 0 atom stereocenters. The molecule has 0 unspecified atom stereocenters. The Hall–Kier alpha value is -3.94. The molecule has 1 aliphatic heterocycles. The first-order valence-electron chi connectivity index (χ1n) is 10.5. The van der Waals surface area contributed by atoms with Crippen LogP contribution in [0.5, 0.6) is 11.6 Å². The number of amides is 2. The van der Waals surface area contributed by atoms with E-state index in [-0.39, 0.29) is 18.4 Å². The minimum absolute atomic E-state index is 0.0184. The summed E-state index contributed by atoms with van der Waals surface area (Å²) in [7, 11) is 0. The number of carbonyl (C=O) groups excluding carboxylic acids is 2. The average Bonchev–Trinajstić information content (AvgIpc) is 2.83. The quantitative estimate of drug-likeness (QED) is 0.646. The minimum Gasteiger partial charge on any atom is -0.439 e. The standard InChI is InChI=1S/C24H25N5O3/c1-18-26-21(16-22(27-18)32-20-10-6-3-7-11-20)28-12-14-29(15-13-28)23(30)17-25-24(31)19-8-4-2-5-9-19/h2-11,16H,12-15,17H2,1H3,(H,25,31). The Kier molecular flexibility index (Phi) is 6.60. The molecule has 8 heteroatoms. The van der Waals surface area contributed by atoms with Gasteiger partial charge >= 0.3 is 0 Å². The van der Waals surface area contributed by atoms with E-state index in [1.165, 1.54) is 0 Å². The van der Waals surface area contributed by atoms with Crippen molar-refractivity contribution in [2.75, 3.05) is 37.6 Å². The molecule has 0 aliphatic carbocycles. The topological polar surface area (TPSA) is 87.7 Å². The lowest BCUT2D eigenvalue weighted by Crippen LogP contribution is -2.51. The van der Waals surface area contributed by atoms with Crippen molar-refractivity contribution in [1.29, 1.82) is 0 Å². The normalized spacial score (nSPS) is 13.5. The second-order valence-corrected chi connectivity index (χ2v) is 7.44. The number of nitrogens with one attached hydrogen (secondary N) is 1. The van der Waals surface area contributed by atoms with Gasteiger partial charge < -0.3 is 19.9 Å². The lowest BCUT2D eigenvalue weighted by atomic mass is 10.2. The van der Waals surface area contributed by atoms with Crippen LogP contribution in [-0.2, 0) is 4.79 Å². The molecule has 164 valence electrons. The number of hydrogen-bond donors (Lipinski definition) is 1. The van der Waals surface area contributed by atoms with Crippen molar-refractivity contribution in [3.8, 4) is 11.6 Å². The number of nitrogens with zero attached hydrogens (tertiary/aromatic N) is 4. The summed E-state index contributed by atoms with van der Waals surface area (Å²) in [4.78, 5) is 37.5. The number of carbonyl (C=O) groups is 2. The summed E-state index contributed by atoms with van der Waals surface area (Å²) in [6, 6.07) is 20.2. The summed E-state index contributed by atoms with van der Waals surface area (Å²) in [6.07, 6.45) is 0. The van der Waals surface area contributed by atoms with Crippen molar-refractivity contribution >= 4 is 17.6 Å². The number of anilines is 1. The van der Waals surface area contributed by atoms with Gasteiger partial charge in [0.15, 0.2) is 0 Å². The Morgan fingerprint density at radius 3 is 2.28 bits per heavy atom. The Labute approximate surface area is 186 Å². The predicted molar refractivity (Wildman–Crippen MR) is 121 cm³/mol. The number of piperazine rings is 1. The van der Waals surface area contributed by atoms with E-state index in [4.69, 9.17) is 4.74 Å². The van der Waals surface area contributed by atoms with Crippen LogP contribution in [0.25, 0.3) is 0 Å². The van der Waals surface area contributed by atoms with Crippen molar-refractivity contribution < 1.29 is 14.3 Å². The highest BCUT2D eigenvalue weighted by molar-refractivity contribution is 5.96. The van der Waals surface area contributed by atoms with Gasteiger partial charge in [-0.05, 0) is 31.2 Å². The number of para-hydroxylation sites is 1. The van der Waals surface area contributed by atoms with Crippen LogP contribution in [0.2, 0.25) is 0 Å². The zero-order chi connectivity index (χ0) is 22.3. The molecule has 3 aromatic rings. The molecule has 2 heterocycles. The molecule has 8 nitrogen and oxygen atoms in total. The largest absolute Gasteiger partial charge is 0.439 e. The summed E-state index contributed by atoms with van der Waals surface area (Å²) in [5, 5.41) is 2.70. The Morgan fingerprint density at radius 1 is 0.938 bits per heavy atom. The van der Waals surface area contributed by atoms with E-state index in [0.29, 0.717) is 49.2 Å². The first-order chi connectivity index (χ1) is 15.6. The Balaban J connectivity index is 1.31. The molecular formula is C24H25N5O3. The maximum absolute atomic E-state index is 12.5. The van der Waals surface area contributed by atoms with Gasteiger partial charge in [-0.25, -0.2) is 4.98 Å². The lowest BCUT2D eigenvalue weighted by Gasteiger charge is -2.35. The first kappa shape index (κ1) is 21.3. The van der Waals surface area contributed by atoms with Crippen LogP contribution in [0.4, 0.5) is 5.82 Å². The van der Waals surface area contributed by atoms with E-state index in [9.17, 15) is 9.59 Å². The molecule has 0 radical (unpaired) electrons. The zero-order valence-electron chi connectivity index (χ0n) is 17.9. The number of rotatable bonds is 6. The van der Waals surface area contributed by atoms with Crippen molar-refractivity contribution in [3.63, 3.8) is 0 Å². The molecule has 1 saturated heterocycles. The monoisotopic (exact) mass is 431 g/mol. The van der Waals surface area contributed by atoms with E-state index in [1.807, 2.05) is 49.4 Å². The van der Waals surface area contributed by atoms with E-state index in [1.54, 1.807) is 29.2 Å². The second kappa shape index (κ2) is 9.91. The molecule has 0 bridgehead atoms. The van der Waals surface area contributed by atoms with Gasteiger partial charge in [0, 0.05) is 37.8 Å². The lowest BCUT2D eigenvalue weighted by molar-refractivity contribution is -0.130. The van der Waals surface area contributed by atoms with Gasteiger partial charge in [0.25, 0.3) is 5.91 Å². The first-order valence-corrected chi connectivity index (χ1v) is 10.5. The molecule has 0 spiro atoms. The number of benzene rings is 2. The molecule has 32 heavy (non-hydrogen) atoms. The maximum atomic E-state index is 12.5. The van der Waals surface area contributed by atoms with Crippen molar-refractivity contribution in [2.24, 2.45) is 0 Å². The van der Waals surface area contributed by atoms with Gasteiger partial charge in [0.05, 0.1) is 6.54 Å². The van der Waals surface area contributed by atoms with Crippen LogP contribution in [0, 0.1) is 6.92 Å². The molecule has 2 amide bonds. The van der Waals surface area contributed by atoms with Gasteiger partial charge in [0.2, 0.25) is 11.8 Å². The number of aryl methyl sites for hydroxylation is 1. The van der Waals surface area contributed by atoms with Crippen LogP contribution >= 0.6 is 0 Å². The highest BCUT2D eigenvalue weighted by Crippen LogP contribution is 2.23. The average molecular weight is 431 g/mol. The molecule has 4 rings (SSSR count). The summed E-state index contributed by atoms with van der Waals surface area (Å²) < 4.78 is 5.86. The minimum atomic E-state index is -0.250. The fourth-order valence-electron chi connectivity index (χ4n) is 3.49. The van der Waals surface area contributed by atoms with E-state index >= 15 is 0 Å². The molecular weight excluding hydrogens is 406 g/mol. The number of aromatic nitrogens is 2. The van der Waals surface area contributed by atoms with E-state index < -0.39 is 0 Å². The predicted octanol–water partition coefficient (Wildman–Crippen LogP) is 2.66. The van der Waals surface area contributed by atoms with Crippen LogP contribution in [0.15, 0.2) is 66.7 Å². The third-order valence-electron chi connectivity index (χ3n) is 5.16. The summed E-state index contributed by atoms with van der Waals surface area (Å²) in [5.74, 6) is 2.25. The van der Waals surface area contributed by atoms with Gasteiger partial charge in [-0.3, -0.25) is 9.59 Å². The fraction of sp³-hybridized carbons (Fsp3) is 0.250. The highest BCUT2D eigenvalue weighted by atomic mass is 16.5. The van der Waals surface area contributed by atoms with Crippen LogP contribution in [-0.4, -0.2) is 59.4 Å². The van der Waals surface area contributed by atoms with Gasteiger partial charge in [-0.1, -0.05) is 36.4 Å². The maximum Gasteiger partial charge on any atom is 0.251 e. The molecule has 1 aliphatic rings. The van der Waals surface area contributed by atoms with Gasteiger partial charge in [-0.2, -0.15) is 4.98 Å².